The molecule has 0 fully saturated rings. The van der Waals surface area contributed by atoms with E-state index < -0.39 is 0 Å². The largest absolute Gasteiger partial charge is 0.493 e. The molecular weight excluding hydrogens is 302 g/mol. The van der Waals surface area contributed by atoms with Crippen LogP contribution < -0.4 is 14.8 Å². The molecule has 0 unspecified atom stereocenters. The summed E-state index contributed by atoms with van der Waals surface area (Å²) in [5, 5.41) is 7.98. The van der Waals surface area contributed by atoms with Crippen LogP contribution in [0.4, 0.5) is 0 Å². The van der Waals surface area contributed by atoms with Gasteiger partial charge in [-0.3, -0.25) is 4.68 Å². The summed E-state index contributed by atoms with van der Waals surface area (Å²) >= 11 is 0. The molecule has 24 heavy (non-hydrogen) atoms. The normalized spacial score (nSPS) is 13.2. The van der Waals surface area contributed by atoms with Crippen LogP contribution in [0.25, 0.3) is 6.08 Å². The Kier molecular flexibility index (Phi) is 5.20. The summed E-state index contributed by atoms with van der Waals surface area (Å²) in [6.45, 7) is 7.49. The van der Waals surface area contributed by atoms with Crippen molar-refractivity contribution >= 4 is 6.08 Å². The van der Waals surface area contributed by atoms with E-state index in [4.69, 9.17) is 9.47 Å². The molecule has 1 aromatic carbocycles. The lowest BCUT2D eigenvalue weighted by Crippen LogP contribution is -2.23. The maximum Gasteiger partial charge on any atom is 0.168 e. The van der Waals surface area contributed by atoms with Gasteiger partial charge in [0.05, 0.1) is 12.8 Å². The molecule has 0 spiro atoms. The van der Waals surface area contributed by atoms with Crippen LogP contribution in [0, 0.1) is 13.8 Å². The van der Waals surface area contributed by atoms with Gasteiger partial charge in [0.15, 0.2) is 11.5 Å². The topological polar surface area (TPSA) is 48.3 Å². The van der Waals surface area contributed by atoms with Crippen molar-refractivity contribution in [3.05, 3.63) is 46.8 Å². The number of hydrogen-bond acceptors (Lipinski definition) is 4. The third-order valence-electron chi connectivity index (χ3n) is 4.17. The molecule has 2 heterocycles. The molecule has 0 aliphatic carbocycles. The van der Waals surface area contributed by atoms with E-state index >= 15 is 0 Å². The van der Waals surface area contributed by atoms with Gasteiger partial charge in [-0.2, -0.15) is 5.10 Å². The number of hydrogen-bond donors (Lipinski definition) is 1. The van der Waals surface area contributed by atoms with Gasteiger partial charge in [-0.1, -0.05) is 12.1 Å². The molecule has 1 aromatic heterocycles. The second-order valence-corrected chi connectivity index (χ2v) is 6.15. The molecule has 1 aliphatic heterocycles. The highest BCUT2D eigenvalue weighted by atomic mass is 16.5. The minimum atomic E-state index is 0.609. The summed E-state index contributed by atoms with van der Waals surface area (Å²) < 4.78 is 13.3. The molecule has 0 saturated carbocycles. The highest BCUT2D eigenvalue weighted by Crippen LogP contribution is 2.35. The maximum atomic E-state index is 5.86. The Bertz CT molecular complexity index is 734. The first kappa shape index (κ1) is 16.6. The summed E-state index contributed by atoms with van der Waals surface area (Å²) in [6, 6.07) is 8.08. The van der Waals surface area contributed by atoms with Gasteiger partial charge in [-0.05, 0) is 50.6 Å². The van der Waals surface area contributed by atoms with E-state index in [-0.39, 0.29) is 0 Å². The van der Waals surface area contributed by atoms with Crippen molar-refractivity contribution in [3.63, 3.8) is 0 Å². The third kappa shape index (κ3) is 3.79. The maximum absolute atomic E-state index is 5.86. The molecule has 0 radical (unpaired) electrons. The minimum Gasteiger partial charge on any atom is -0.493 e. The first-order valence-electron chi connectivity index (χ1n) is 8.38. The smallest absolute Gasteiger partial charge is 0.168 e. The van der Waals surface area contributed by atoms with Gasteiger partial charge in [0.1, 0.15) is 6.61 Å². The van der Waals surface area contributed by atoms with E-state index in [1.165, 1.54) is 11.3 Å². The van der Waals surface area contributed by atoms with Gasteiger partial charge in [0.2, 0.25) is 0 Å². The zero-order chi connectivity index (χ0) is 16.9. The van der Waals surface area contributed by atoms with Crippen LogP contribution >= 0.6 is 0 Å². The Morgan fingerprint density at radius 2 is 2.21 bits per heavy atom. The van der Waals surface area contributed by atoms with E-state index in [2.05, 4.69) is 40.2 Å². The quantitative estimate of drug-likeness (QED) is 0.794. The molecule has 5 nitrogen and oxygen atoms in total. The average Bonchev–Trinajstić information content (AvgIpc) is 2.91. The molecule has 2 aromatic rings. The van der Waals surface area contributed by atoms with Crippen molar-refractivity contribution < 1.29 is 9.47 Å². The van der Waals surface area contributed by atoms with Crippen LogP contribution in [0.1, 0.15) is 23.4 Å². The summed E-state index contributed by atoms with van der Waals surface area (Å²) in [4.78, 5) is 0. The Balaban J connectivity index is 1.47. The lowest BCUT2D eigenvalue weighted by Gasteiger charge is -2.20. The number of nitrogens with zero attached hydrogens (tertiary/aromatic N) is 2. The molecule has 0 saturated heterocycles. The van der Waals surface area contributed by atoms with Crippen molar-refractivity contribution in [2.24, 2.45) is 0 Å². The first-order chi connectivity index (χ1) is 11.7. The van der Waals surface area contributed by atoms with Crippen molar-refractivity contribution in [2.45, 2.75) is 26.8 Å². The van der Waals surface area contributed by atoms with Gasteiger partial charge < -0.3 is 14.8 Å². The zero-order valence-corrected chi connectivity index (χ0v) is 14.6. The Hall–Kier alpha value is -2.27. The number of fused-ring (bicyclic) bond motifs is 1. The van der Waals surface area contributed by atoms with Gasteiger partial charge in [0.25, 0.3) is 0 Å². The van der Waals surface area contributed by atoms with E-state index in [1.807, 2.05) is 19.1 Å². The first-order valence-corrected chi connectivity index (χ1v) is 8.38. The number of rotatable bonds is 7. The van der Waals surface area contributed by atoms with Gasteiger partial charge in [-0.15, -0.1) is 0 Å². The molecule has 0 bridgehead atoms. The molecule has 1 N–H and O–H groups in total. The van der Waals surface area contributed by atoms with Gasteiger partial charge >= 0.3 is 0 Å². The number of aryl methyl sites for hydroxylation is 3. The summed E-state index contributed by atoms with van der Waals surface area (Å²) in [6.07, 6.45) is 3.25. The second kappa shape index (κ2) is 7.53. The molecule has 1 aliphatic rings. The van der Waals surface area contributed by atoms with Crippen LogP contribution in [0.15, 0.2) is 29.8 Å². The summed E-state index contributed by atoms with van der Waals surface area (Å²) in [5.41, 5.74) is 4.64. The van der Waals surface area contributed by atoms with Crippen LogP contribution in [0.5, 0.6) is 11.5 Å². The van der Waals surface area contributed by atoms with E-state index in [0.717, 1.165) is 48.8 Å². The fourth-order valence-corrected chi connectivity index (χ4v) is 2.99. The number of ether oxygens (including phenoxy) is 2. The highest BCUT2D eigenvalue weighted by molar-refractivity contribution is 5.66. The number of nitrogens with one attached hydrogen (secondary N) is 1. The summed E-state index contributed by atoms with van der Waals surface area (Å²) in [7, 11) is 1.67. The van der Waals surface area contributed by atoms with Crippen LogP contribution in [-0.4, -0.2) is 36.6 Å². The molecule has 0 atom stereocenters. The molecule has 3 rings (SSSR count). The van der Waals surface area contributed by atoms with Crippen molar-refractivity contribution in [2.75, 3.05) is 26.8 Å². The highest BCUT2D eigenvalue weighted by Gasteiger charge is 2.15. The van der Waals surface area contributed by atoms with Crippen LogP contribution in [0.2, 0.25) is 0 Å². The van der Waals surface area contributed by atoms with Crippen molar-refractivity contribution in [1.29, 1.82) is 0 Å². The SMILES string of the molecule is COc1cccc2c1OCC(CNCCCn1nc(C)cc1C)=C2. The molecule has 5 heteroatoms. The zero-order valence-electron chi connectivity index (χ0n) is 14.6. The second-order valence-electron chi connectivity index (χ2n) is 6.15. The fraction of sp³-hybridized carbons (Fsp3) is 0.421. The Morgan fingerprint density at radius 1 is 1.33 bits per heavy atom. The number of aromatic nitrogens is 2. The predicted molar refractivity (Wildman–Crippen MR) is 95.7 cm³/mol. The Labute approximate surface area is 143 Å². The summed E-state index contributed by atoms with van der Waals surface area (Å²) in [5.74, 6) is 1.63. The predicted octanol–water partition coefficient (Wildman–Crippen LogP) is 2.96. The molecular formula is C19H25N3O2. The van der Waals surface area contributed by atoms with Crippen molar-refractivity contribution in [3.8, 4) is 11.5 Å². The van der Waals surface area contributed by atoms with Gasteiger partial charge in [0, 0.05) is 24.3 Å². The Morgan fingerprint density at radius 3 is 2.96 bits per heavy atom. The third-order valence-corrected chi connectivity index (χ3v) is 4.17. The number of para-hydroxylation sites is 1. The fourth-order valence-electron chi connectivity index (χ4n) is 2.99. The average molecular weight is 327 g/mol. The number of methoxy groups -OCH3 is 1. The number of benzene rings is 1. The van der Waals surface area contributed by atoms with Gasteiger partial charge in [-0.25, -0.2) is 0 Å². The standard InChI is InChI=1S/C19H25N3O2/c1-14-10-15(2)22(21-14)9-5-8-20-12-16-11-17-6-4-7-18(23-3)19(17)24-13-16/h4,6-7,10-11,20H,5,8-9,12-13H2,1-3H3. The van der Waals surface area contributed by atoms with Crippen LogP contribution in [-0.2, 0) is 6.54 Å². The molecule has 0 amide bonds. The van der Waals surface area contributed by atoms with Crippen molar-refractivity contribution in [1.82, 2.24) is 15.1 Å². The van der Waals surface area contributed by atoms with E-state index in [9.17, 15) is 0 Å². The minimum absolute atomic E-state index is 0.609. The van der Waals surface area contributed by atoms with Crippen LogP contribution in [0.3, 0.4) is 0 Å². The van der Waals surface area contributed by atoms with E-state index in [0.29, 0.717) is 6.61 Å². The monoisotopic (exact) mass is 327 g/mol. The lowest BCUT2D eigenvalue weighted by atomic mass is 10.1. The van der Waals surface area contributed by atoms with E-state index in [1.54, 1.807) is 7.11 Å². The molecule has 128 valence electrons. The lowest BCUT2D eigenvalue weighted by molar-refractivity contribution is 0.312.